The Balaban J connectivity index is 2.58. The maximum atomic E-state index is 12.2. The smallest absolute Gasteiger partial charge is 0.323 e. The van der Waals surface area contributed by atoms with E-state index in [4.69, 9.17) is 5.11 Å². The van der Waals surface area contributed by atoms with E-state index in [1.165, 1.54) is 24.2 Å². The molecule has 2 amide bonds. The summed E-state index contributed by atoms with van der Waals surface area (Å²) in [6.45, 7) is 6.83. The minimum atomic E-state index is -0.995. The number of hydrogen-bond donors (Lipinski definition) is 1. The first kappa shape index (κ1) is 14.5. The van der Waals surface area contributed by atoms with Crippen LogP contribution in [0.1, 0.15) is 26.2 Å². The van der Waals surface area contributed by atoms with E-state index in [0.29, 0.717) is 12.5 Å². The van der Waals surface area contributed by atoms with Gasteiger partial charge in [-0.3, -0.25) is 4.79 Å². The number of aliphatic carboxylic acids is 1. The molecule has 1 rings (SSSR count). The molecule has 18 heavy (non-hydrogen) atoms. The second-order valence-corrected chi connectivity index (χ2v) is 4.68. The Kier molecular flexibility index (Phi) is 5.68. The van der Waals surface area contributed by atoms with Gasteiger partial charge in [0.15, 0.2) is 0 Å². The molecule has 5 heteroatoms. The second kappa shape index (κ2) is 7.03. The fraction of sp³-hybridized carbons (Fsp3) is 0.692. The van der Waals surface area contributed by atoms with Crippen LogP contribution in [-0.4, -0.2) is 53.1 Å². The van der Waals surface area contributed by atoms with Crippen molar-refractivity contribution in [3.8, 4) is 0 Å². The van der Waals surface area contributed by atoms with Gasteiger partial charge in [-0.15, -0.1) is 6.58 Å². The molecule has 5 nitrogen and oxygen atoms in total. The predicted octanol–water partition coefficient (Wildman–Crippen LogP) is 1.80. The van der Waals surface area contributed by atoms with Gasteiger partial charge in [0.2, 0.25) is 0 Å². The van der Waals surface area contributed by atoms with Crippen molar-refractivity contribution in [3.05, 3.63) is 12.7 Å². The zero-order valence-electron chi connectivity index (χ0n) is 11.0. The van der Waals surface area contributed by atoms with Gasteiger partial charge in [-0.25, -0.2) is 4.79 Å². The lowest BCUT2D eigenvalue weighted by atomic mass is 9.85. The lowest BCUT2D eigenvalue weighted by molar-refractivity contribution is -0.137. The summed E-state index contributed by atoms with van der Waals surface area (Å²) in [5.74, 6) is -0.408. The van der Waals surface area contributed by atoms with Crippen LogP contribution in [0, 0.1) is 5.92 Å². The number of nitrogens with zero attached hydrogens (tertiary/aromatic N) is 2. The van der Waals surface area contributed by atoms with E-state index in [-0.39, 0.29) is 19.1 Å². The molecule has 0 bridgehead atoms. The molecule has 0 atom stereocenters. The van der Waals surface area contributed by atoms with E-state index >= 15 is 0 Å². The number of rotatable bonds is 7. The third-order valence-corrected chi connectivity index (χ3v) is 3.30. The Labute approximate surface area is 108 Å². The number of amides is 2. The SMILES string of the molecule is C=CCN(CC(=O)O)C(=O)N(CC)CC1CCC1. The van der Waals surface area contributed by atoms with E-state index in [9.17, 15) is 9.59 Å². The zero-order valence-corrected chi connectivity index (χ0v) is 11.0. The van der Waals surface area contributed by atoms with E-state index in [2.05, 4.69) is 6.58 Å². The second-order valence-electron chi connectivity index (χ2n) is 4.68. The Hall–Kier alpha value is -1.52. The van der Waals surface area contributed by atoms with E-state index in [1.54, 1.807) is 11.0 Å². The van der Waals surface area contributed by atoms with Gasteiger partial charge < -0.3 is 14.9 Å². The van der Waals surface area contributed by atoms with Crippen molar-refractivity contribution in [1.29, 1.82) is 0 Å². The van der Waals surface area contributed by atoms with E-state index in [1.807, 2.05) is 6.92 Å². The van der Waals surface area contributed by atoms with Crippen molar-refractivity contribution >= 4 is 12.0 Å². The van der Waals surface area contributed by atoms with Crippen molar-refractivity contribution < 1.29 is 14.7 Å². The highest BCUT2D eigenvalue weighted by Gasteiger charge is 2.26. The van der Waals surface area contributed by atoms with Crippen LogP contribution in [0.25, 0.3) is 0 Å². The highest BCUT2D eigenvalue weighted by molar-refractivity contribution is 5.80. The van der Waals surface area contributed by atoms with E-state index < -0.39 is 5.97 Å². The Morgan fingerprint density at radius 1 is 1.39 bits per heavy atom. The molecule has 0 aromatic rings. The minimum absolute atomic E-state index is 0.202. The Bertz CT molecular complexity index is 313. The standard InChI is InChI=1S/C13H22N2O3/c1-3-8-15(10-12(16)17)13(18)14(4-2)9-11-6-5-7-11/h3,11H,1,4-10H2,2H3,(H,16,17). The summed E-state index contributed by atoms with van der Waals surface area (Å²) in [7, 11) is 0. The molecule has 102 valence electrons. The first-order valence-corrected chi connectivity index (χ1v) is 6.45. The van der Waals surface area contributed by atoms with Crippen molar-refractivity contribution in [2.24, 2.45) is 5.92 Å². The fourth-order valence-corrected chi connectivity index (χ4v) is 2.06. The molecule has 0 aromatic heterocycles. The summed E-state index contributed by atoms with van der Waals surface area (Å²) in [6.07, 6.45) is 5.13. The van der Waals surface area contributed by atoms with Crippen LogP contribution >= 0.6 is 0 Å². The topological polar surface area (TPSA) is 60.9 Å². The summed E-state index contributed by atoms with van der Waals surface area (Å²) < 4.78 is 0. The largest absolute Gasteiger partial charge is 0.480 e. The van der Waals surface area contributed by atoms with Gasteiger partial charge in [0.1, 0.15) is 6.54 Å². The molecule has 0 heterocycles. The molecule has 1 N–H and O–H groups in total. The predicted molar refractivity (Wildman–Crippen MR) is 69.4 cm³/mol. The van der Waals surface area contributed by atoms with Crippen LogP contribution < -0.4 is 0 Å². The first-order valence-electron chi connectivity index (χ1n) is 6.45. The van der Waals surface area contributed by atoms with Crippen LogP contribution in [0.5, 0.6) is 0 Å². The van der Waals surface area contributed by atoms with Crippen LogP contribution in [0.2, 0.25) is 0 Å². The number of carboxylic acid groups (broad SMARTS) is 1. The van der Waals surface area contributed by atoms with Gasteiger partial charge in [-0.2, -0.15) is 0 Å². The molecule has 0 aliphatic heterocycles. The molecular formula is C13H22N2O3. The Morgan fingerprint density at radius 3 is 2.44 bits per heavy atom. The molecule has 1 aliphatic carbocycles. The number of urea groups is 1. The van der Waals surface area contributed by atoms with Gasteiger partial charge >= 0.3 is 12.0 Å². The van der Waals surface area contributed by atoms with Gasteiger partial charge in [0.05, 0.1) is 0 Å². The molecule has 0 spiro atoms. The monoisotopic (exact) mass is 254 g/mol. The summed E-state index contributed by atoms with van der Waals surface area (Å²) in [6, 6.07) is -0.202. The quantitative estimate of drug-likeness (QED) is 0.705. The molecule has 0 saturated heterocycles. The van der Waals surface area contributed by atoms with Crippen molar-refractivity contribution in [2.75, 3.05) is 26.2 Å². The lowest BCUT2D eigenvalue weighted by Crippen LogP contribution is -2.47. The molecule has 0 aromatic carbocycles. The molecule has 0 radical (unpaired) electrons. The molecule has 1 aliphatic rings. The lowest BCUT2D eigenvalue weighted by Gasteiger charge is -2.34. The average Bonchev–Trinajstić information content (AvgIpc) is 2.26. The van der Waals surface area contributed by atoms with Crippen molar-refractivity contribution in [2.45, 2.75) is 26.2 Å². The highest BCUT2D eigenvalue weighted by atomic mass is 16.4. The molecule has 1 saturated carbocycles. The average molecular weight is 254 g/mol. The number of carbonyl (C=O) groups is 2. The Morgan fingerprint density at radius 2 is 2.06 bits per heavy atom. The maximum Gasteiger partial charge on any atom is 0.323 e. The number of carbonyl (C=O) groups excluding carboxylic acids is 1. The van der Waals surface area contributed by atoms with Crippen molar-refractivity contribution in [1.82, 2.24) is 9.80 Å². The van der Waals surface area contributed by atoms with E-state index in [0.717, 1.165) is 6.54 Å². The third kappa shape index (κ3) is 4.05. The fourth-order valence-electron chi connectivity index (χ4n) is 2.06. The molecule has 0 unspecified atom stereocenters. The number of carboxylic acids is 1. The highest BCUT2D eigenvalue weighted by Crippen LogP contribution is 2.27. The summed E-state index contributed by atoms with van der Waals surface area (Å²) >= 11 is 0. The molecule has 1 fully saturated rings. The van der Waals surface area contributed by atoms with Crippen LogP contribution in [0.4, 0.5) is 4.79 Å². The zero-order chi connectivity index (χ0) is 13.5. The number of hydrogen-bond acceptors (Lipinski definition) is 2. The molecular weight excluding hydrogens is 232 g/mol. The van der Waals surface area contributed by atoms with Gasteiger partial charge in [0.25, 0.3) is 0 Å². The van der Waals surface area contributed by atoms with Crippen LogP contribution in [0.3, 0.4) is 0 Å². The van der Waals surface area contributed by atoms with Crippen LogP contribution in [0.15, 0.2) is 12.7 Å². The third-order valence-electron chi connectivity index (χ3n) is 3.30. The van der Waals surface area contributed by atoms with Crippen LogP contribution in [-0.2, 0) is 4.79 Å². The van der Waals surface area contributed by atoms with Crippen molar-refractivity contribution in [3.63, 3.8) is 0 Å². The van der Waals surface area contributed by atoms with Gasteiger partial charge in [-0.1, -0.05) is 12.5 Å². The first-order chi connectivity index (χ1) is 8.58. The maximum absolute atomic E-state index is 12.2. The summed E-state index contributed by atoms with van der Waals surface area (Å²) in [4.78, 5) is 26.0. The summed E-state index contributed by atoms with van der Waals surface area (Å²) in [5.41, 5.74) is 0. The van der Waals surface area contributed by atoms with Gasteiger partial charge in [-0.05, 0) is 25.7 Å². The minimum Gasteiger partial charge on any atom is -0.480 e. The summed E-state index contributed by atoms with van der Waals surface area (Å²) in [5, 5.41) is 8.81. The van der Waals surface area contributed by atoms with Gasteiger partial charge in [0, 0.05) is 19.6 Å². The normalized spacial score (nSPS) is 14.7.